The summed E-state index contributed by atoms with van der Waals surface area (Å²) in [5, 5.41) is 4.13. The maximum absolute atomic E-state index is 12.3. The van der Waals surface area contributed by atoms with Gasteiger partial charge in [0.1, 0.15) is 11.3 Å². The van der Waals surface area contributed by atoms with Crippen LogP contribution < -0.4 is 11.1 Å². The maximum Gasteiger partial charge on any atom is 0.223 e. The molecular weight excluding hydrogens is 264 g/mol. The summed E-state index contributed by atoms with van der Waals surface area (Å²) in [5.74, 6) is 1.36. The van der Waals surface area contributed by atoms with Crippen LogP contribution in [-0.4, -0.2) is 12.5 Å². The van der Waals surface area contributed by atoms with Gasteiger partial charge in [0.2, 0.25) is 5.91 Å². The highest BCUT2D eigenvalue weighted by Crippen LogP contribution is 2.31. The summed E-state index contributed by atoms with van der Waals surface area (Å²) in [4.78, 5) is 12.3. The Kier molecular flexibility index (Phi) is 3.97. The normalized spacial score (nSPS) is 21.8. The second-order valence-corrected chi connectivity index (χ2v) is 5.90. The number of hydrogen-bond acceptors (Lipinski definition) is 3. The van der Waals surface area contributed by atoms with Crippen LogP contribution in [0.25, 0.3) is 11.0 Å². The summed E-state index contributed by atoms with van der Waals surface area (Å²) in [6.45, 7) is 3.08. The quantitative estimate of drug-likeness (QED) is 0.908. The van der Waals surface area contributed by atoms with Crippen molar-refractivity contribution in [3.8, 4) is 0 Å². The Morgan fingerprint density at radius 1 is 1.38 bits per heavy atom. The highest BCUT2D eigenvalue weighted by Gasteiger charge is 2.31. The number of aryl methyl sites for hydroxylation is 1. The number of rotatable bonds is 4. The molecule has 4 nitrogen and oxygen atoms in total. The third-order valence-corrected chi connectivity index (χ3v) is 4.66. The monoisotopic (exact) mass is 286 g/mol. The lowest BCUT2D eigenvalue weighted by Crippen LogP contribution is -2.34. The fourth-order valence-electron chi connectivity index (χ4n) is 3.36. The van der Waals surface area contributed by atoms with Gasteiger partial charge in [-0.1, -0.05) is 24.6 Å². The van der Waals surface area contributed by atoms with E-state index in [1.54, 1.807) is 0 Å². The lowest BCUT2D eigenvalue weighted by molar-refractivity contribution is -0.126. The van der Waals surface area contributed by atoms with Crippen LogP contribution in [0.15, 0.2) is 28.7 Å². The zero-order chi connectivity index (χ0) is 14.8. The van der Waals surface area contributed by atoms with Crippen molar-refractivity contribution in [1.82, 2.24) is 5.32 Å². The standard InChI is InChI=1S/C17H22N2O2/c1-11-13-6-2-3-8-15(13)21-16(11)10-19-17(20)14-7-4-5-12(14)9-18/h2-3,6,8,12,14H,4-5,7,9-10,18H2,1H3,(H,19,20)/t12-,14-/m1/s1. The molecule has 0 saturated heterocycles. The number of hydrogen-bond donors (Lipinski definition) is 2. The van der Waals surface area contributed by atoms with E-state index in [0.29, 0.717) is 19.0 Å². The first kappa shape index (κ1) is 14.1. The van der Waals surface area contributed by atoms with E-state index in [1.807, 2.05) is 31.2 Å². The SMILES string of the molecule is Cc1c(CNC(=O)[C@@H]2CCC[C@@H]2CN)oc2ccccc12. The lowest BCUT2D eigenvalue weighted by atomic mass is 9.95. The molecule has 2 atom stereocenters. The number of fused-ring (bicyclic) bond motifs is 1. The molecule has 1 amide bonds. The summed E-state index contributed by atoms with van der Waals surface area (Å²) in [6, 6.07) is 7.95. The van der Waals surface area contributed by atoms with Gasteiger partial charge < -0.3 is 15.5 Å². The first-order chi connectivity index (χ1) is 10.2. The van der Waals surface area contributed by atoms with Crippen LogP contribution in [0.3, 0.4) is 0 Å². The van der Waals surface area contributed by atoms with Crippen LogP contribution in [0.2, 0.25) is 0 Å². The van der Waals surface area contributed by atoms with E-state index in [1.165, 1.54) is 0 Å². The second-order valence-electron chi connectivity index (χ2n) is 5.90. The number of carbonyl (C=O) groups is 1. The molecule has 3 N–H and O–H groups in total. The Labute approximate surface area is 124 Å². The molecule has 0 bridgehead atoms. The van der Waals surface area contributed by atoms with Gasteiger partial charge in [-0.05, 0) is 38.3 Å². The molecule has 1 aliphatic carbocycles. The number of furan rings is 1. The van der Waals surface area contributed by atoms with Crippen LogP contribution in [0.5, 0.6) is 0 Å². The predicted octanol–water partition coefficient (Wildman–Crippen LogP) is 2.73. The average Bonchev–Trinajstić information content (AvgIpc) is 3.10. The molecule has 1 saturated carbocycles. The topological polar surface area (TPSA) is 68.3 Å². The number of nitrogens with one attached hydrogen (secondary N) is 1. The average molecular weight is 286 g/mol. The minimum atomic E-state index is 0.0692. The van der Waals surface area contributed by atoms with Gasteiger partial charge in [0.05, 0.1) is 6.54 Å². The van der Waals surface area contributed by atoms with Gasteiger partial charge in [-0.15, -0.1) is 0 Å². The maximum atomic E-state index is 12.3. The van der Waals surface area contributed by atoms with Crippen molar-refractivity contribution < 1.29 is 9.21 Å². The largest absolute Gasteiger partial charge is 0.459 e. The van der Waals surface area contributed by atoms with E-state index < -0.39 is 0 Å². The van der Waals surface area contributed by atoms with Crippen LogP contribution in [0.1, 0.15) is 30.6 Å². The van der Waals surface area contributed by atoms with Crippen molar-refractivity contribution in [2.75, 3.05) is 6.54 Å². The highest BCUT2D eigenvalue weighted by atomic mass is 16.3. The molecule has 1 aromatic carbocycles. The number of benzene rings is 1. The Morgan fingerprint density at radius 2 is 2.19 bits per heavy atom. The number of nitrogens with two attached hydrogens (primary N) is 1. The molecule has 2 aromatic rings. The van der Waals surface area contributed by atoms with Gasteiger partial charge in [-0.25, -0.2) is 0 Å². The lowest BCUT2D eigenvalue weighted by Gasteiger charge is -2.17. The van der Waals surface area contributed by atoms with E-state index in [9.17, 15) is 4.79 Å². The molecule has 21 heavy (non-hydrogen) atoms. The minimum absolute atomic E-state index is 0.0692. The molecule has 0 unspecified atom stereocenters. The van der Waals surface area contributed by atoms with Crippen LogP contribution in [0, 0.1) is 18.8 Å². The zero-order valence-corrected chi connectivity index (χ0v) is 12.4. The number of carbonyl (C=O) groups excluding carboxylic acids is 1. The molecule has 1 heterocycles. The first-order valence-electron chi connectivity index (χ1n) is 7.65. The fraction of sp³-hybridized carbons (Fsp3) is 0.471. The molecule has 112 valence electrons. The Balaban J connectivity index is 1.69. The fourth-order valence-corrected chi connectivity index (χ4v) is 3.36. The van der Waals surface area contributed by atoms with E-state index in [2.05, 4.69) is 5.32 Å². The van der Waals surface area contributed by atoms with Crippen molar-refractivity contribution in [2.45, 2.75) is 32.7 Å². The molecule has 1 fully saturated rings. The Morgan fingerprint density at radius 3 is 2.95 bits per heavy atom. The van der Waals surface area contributed by atoms with Crippen molar-refractivity contribution in [3.05, 3.63) is 35.6 Å². The number of amides is 1. The molecular formula is C17H22N2O2. The molecule has 0 aliphatic heterocycles. The van der Waals surface area contributed by atoms with Crippen molar-refractivity contribution in [2.24, 2.45) is 17.6 Å². The summed E-state index contributed by atoms with van der Waals surface area (Å²) >= 11 is 0. The third-order valence-electron chi connectivity index (χ3n) is 4.66. The van der Waals surface area contributed by atoms with Crippen LogP contribution >= 0.6 is 0 Å². The van der Waals surface area contributed by atoms with Gasteiger partial charge in [0.25, 0.3) is 0 Å². The number of para-hydroxylation sites is 1. The Bertz CT molecular complexity index is 647. The molecule has 3 rings (SSSR count). The second kappa shape index (κ2) is 5.90. The summed E-state index contributed by atoms with van der Waals surface area (Å²) < 4.78 is 5.83. The van der Waals surface area contributed by atoms with Crippen molar-refractivity contribution >= 4 is 16.9 Å². The predicted molar refractivity (Wildman–Crippen MR) is 82.7 cm³/mol. The van der Waals surface area contributed by atoms with Gasteiger partial charge in [0.15, 0.2) is 0 Å². The summed E-state index contributed by atoms with van der Waals surface area (Å²) in [7, 11) is 0. The minimum Gasteiger partial charge on any atom is -0.459 e. The summed E-state index contributed by atoms with van der Waals surface area (Å²) in [5.41, 5.74) is 7.73. The van der Waals surface area contributed by atoms with Gasteiger partial charge in [0, 0.05) is 16.9 Å². The van der Waals surface area contributed by atoms with Crippen LogP contribution in [-0.2, 0) is 11.3 Å². The van der Waals surface area contributed by atoms with Gasteiger partial charge in [-0.2, -0.15) is 0 Å². The Hall–Kier alpha value is -1.81. The highest BCUT2D eigenvalue weighted by molar-refractivity contribution is 5.82. The van der Waals surface area contributed by atoms with E-state index >= 15 is 0 Å². The molecule has 0 radical (unpaired) electrons. The summed E-state index contributed by atoms with van der Waals surface area (Å²) in [6.07, 6.45) is 3.12. The molecule has 0 spiro atoms. The van der Waals surface area contributed by atoms with Gasteiger partial charge in [-0.3, -0.25) is 4.79 Å². The molecule has 1 aliphatic rings. The van der Waals surface area contributed by atoms with Crippen molar-refractivity contribution in [3.63, 3.8) is 0 Å². The van der Waals surface area contributed by atoms with Gasteiger partial charge >= 0.3 is 0 Å². The van der Waals surface area contributed by atoms with E-state index in [-0.39, 0.29) is 11.8 Å². The van der Waals surface area contributed by atoms with Crippen LogP contribution in [0.4, 0.5) is 0 Å². The van der Waals surface area contributed by atoms with E-state index in [0.717, 1.165) is 41.6 Å². The van der Waals surface area contributed by atoms with E-state index in [4.69, 9.17) is 10.2 Å². The first-order valence-corrected chi connectivity index (χ1v) is 7.65. The molecule has 1 aromatic heterocycles. The molecule has 4 heteroatoms. The zero-order valence-electron chi connectivity index (χ0n) is 12.4. The smallest absolute Gasteiger partial charge is 0.223 e. The third kappa shape index (κ3) is 2.68. The van der Waals surface area contributed by atoms with Crippen molar-refractivity contribution in [1.29, 1.82) is 0 Å².